The Balaban J connectivity index is 1.68. The third-order valence-electron chi connectivity index (χ3n) is 5.03. The maximum absolute atomic E-state index is 12.8. The second-order valence-corrected chi connectivity index (χ2v) is 7.62. The number of nitrogens with zero attached hydrogens (tertiary/aromatic N) is 1. The smallest absolute Gasteiger partial charge is 0.325 e. The van der Waals surface area contributed by atoms with E-state index >= 15 is 0 Å². The molecule has 1 fully saturated rings. The average Bonchev–Trinajstić information content (AvgIpc) is 3.13. The first kappa shape index (κ1) is 19.0. The first-order chi connectivity index (χ1) is 12.7. The Labute approximate surface area is 158 Å². The van der Waals surface area contributed by atoms with Crippen molar-refractivity contribution in [2.75, 3.05) is 13.3 Å². The Morgan fingerprint density at radius 3 is 2.67 bits per heavy atom. The summed E-state index contributed by atoms with van der Waals surface area (Å²) in [6.07, 6.45) is 0.286. The van der Waals surface area contributed by atoms with E-state index in [2.05, 4.69) is 10.6 Å². The molecule has 2 aliphatic rings. The molecule has 2 aliphatic heterocycles. The normalized spacial score (nSPS) is 22.2. The lowest BCUT2D eigenvalue weighted by atomic mass is 9.92. The van der Waals surface area contributed by atoms with E-state index in [1.807, 2.05) is 26.8 Å². The third kappa shape index (κ3) is 3.84. The summed E-state index contributed by atoms with van der Waals surface area (Å²) < 4.78 is 10.6. The number of ether oxygens (including phenoxy) is 2. The van der Waals surface area contributed by atoms with Crippen LogP contribution in [0.2, 0.25) is 0 Å². The van der Waals surface area contributed by atoms with Crippen LogP contribution in [0.15, 0.2) is 18.2 Å². The predicted molar refractivity (Wildman–Crippen MR) is 97.4 cm³/mol. The van der Waals surface area contributed by atoms with Crippen LogP contribution in [-0.2, 0) is 16.0 Å². The van der Waals surface area contributed by atoms with Crippen molar-refractivity contribution in [2.45, 2.75) is 45.7 Å². The standard InChI is InChI=1S/C19H25N3O5/c1-11(2)12(3)20-16(23)9-22-17(24)19(4,21-18(22)25)8-13-5-6-14-15(7-13)27-10-26-14/h5-7,11-12H,8-10H2,1-4H3,(H,20,23)(H,21,25)/t12-,19-/m0/s1. The molecule has 1 saturated heterocycles. The summed E-state index contributed by atoms with van der Waals surface area (Å²) in [7, 11) is 0. The Bertz CT molecular complexity index is 779. The van der Waals surface area contributed by atoms with Crippen molar-refractivity contribution in [3.05, 3.63) is 23.8 Å². The van der Waals surface area contributed by atoms with Gasteiger partial charge in [0.05, 0.1) is 0 Å². The zero-order chi connectivity index (χ0) is 19.8. The molecule has 8 nitrogen and oxygen atoms in total. The van der Waals surface area contributed by atoms with Gasteiger partial charge in [0, 0.05) is 12.5 Å². The van der Waals surface area contributed by atoms with Gasteiger partial charge in [0.25, 0.3) is 5.91 Å². The molecule has 2 N–H and O–H groups in total. The third-order valence-corrected chi connectivity index (χ3v) is 5.03. The molecule has 8 heteroatoms. The van der Waals surface area contributed by atoms with E-state index in [1.165, 1.54) is 0 Å². The van der Waals surface area contributed by atoms with E-state index in [1.54, 1.807) is 19.1 Å². The number of hydrogen-bond donors (Lipinski definition) is 2. The zero-order valence-corrected chi connectivity index (χ0v) is 16.0. The van der Waals surface area contributed by atoms with Crippen molar-refractivity contribution in [3.63, 3.8) is 0 Å². The molecule has 0 aliphatic carbocycles. The van der Waals surface area contributed by atoms with E-state index in [4.69, 9.17) is 9.47 Å². The monoisotopic (exact) mass is 375 g/mol. The van der Waals surface area contributed by atoms with Crippen LogP contribution in [0, 0.1) is 5.92 Å². The summed E-state index contributed by atoms with van der Waals surface area (Å²) in [5.74, 6) is 0.757. The van der Waals surface area contributed by atoms with Gasteiger partial charge in [-0.15, -0.1) is 0 Å². The van der Waals surface area contributed by atoms with E-state index in [0.29, 0.717) is 11.5 Å². The van der Waals surface area contributed by atoms with Gasteiger partial charge >= 0.3 is 6.03 Å². The number of amides is 4. The molecule has 2 atom stereocenters. The molecule has 0 aromatic heterocycles. The zero-order valence-electron chi connectivity index (χ0n) is 16.0. The molecular weight excluding hydrogens is 350 g/mol. The summed E-state index contributed by atoms with van der Waals surface area (Å²) in [6.45, 7) is 7.40. The molecule has 1 aromatic rings. The average molecular weight is 375 g/mol. The predicted octanol–water partition coefficient (Wildman–Crippen LogP) is 1.43. The number of imide groups is 1. The van der Waals surface area contributed by atoms with Crippen molar-refractivity contribution < 1.29 is 23.9 Å². The highest BCUT2D eigenvalue weighted by Crippen LogP contribution is 2.34. The Morgan fingerprint density at radius 1 is 1.26 bits per heavy atom. The maximum atomic E-state index is 12.8. The van der Waals surface area contributed by atoms with Gasteiger partial charge in [0.2, 0.25) is 12.7 Å². The number of carbonyl (C=O) groups excluding carboxylic acids is 3. The van der Waals surface area contributed by atoms with Gasteiger partial charge in [-0.3, -0.25) is 14.5 Å². The van der Waals surface area contributed by atoms with Gasteiger partial charge in [-0.1, -0.05) is 19.9 Å². The first-order valence-corrected chi connectivity index (χ1v) is 9.01. The van der Waals surface area contributed by atoms with Crippen LogP contribution in [0.4, 0.5) is 4.79 Å². The number of urea groups is 1. The Kier molecular flexibility index (Phi) is 4.99. The van der Waals surface area contributed by atoms with E-state index < -0.39 is 17.5 Å². The Morgan fingerprint density at radius 2 is 1.96 bits per heavy atom. The van der Waals surface area contributed by atoms with Gasteiger partial charge in [-0.25, -0.2) is 4.79 Å². The van der Waals surface area contributed by atoms with Crippen LogP contribution in [0.5, 0.6) is 11.5 Å². The van der Waals surface area contributed by atoms with Crippen LogP contribution in [0.3, 0.4) is 0 Å². The highest BCUT2D eigenvalue weighted by atomic mass is 16.7. The highest BCUT2D eigenvalue weighted by molar-refractivity contribution is 6.09. The quantitative estimate of drug-likeness (QED) is 0.733. The van der Waals surface area contributed by atoms with Gasteiger partial charge < -0.3 is 20.1 Å². The molecular formula is C19H25N3O5. The minimum atomic E-state index is -1.12. The fourth-order valence-electron chi connectivity index (χ4n) is 3.08. The SMILES string of the molecule is CC(C)[C@H](C)NC(=O)CN1C(=O)N[C@@](C)(Cc2ccc3c(c2)OCO3)C1=O. The first-order valence-electron chi connectivity index (χ1n) is 9.01. The number of hydrogen-bond acceptors (Lipinski definition) is 5. The van der Waals surface area contributed by atoms with Crippen molar-refractivity contribution in [1.82, 2.24) is 15.5 Å². The van der Waals surface area contributed by atoms with Crippen molar-refractivity contribution in [3.8, 4) is 11.5 Å². The van der Waals surface area contributed by atoms with Gasteiger partial charge in [-0.2, -0.15) is 0 Å². The van der Waals surface area contributed by atoms with Crippen molar-refractivity contribution in [2.24, 2.45) is 5.92 Å². The van der Waals surface area contributed by atoms with Crippen molar-refractivity contribution in [1.29, 1.82) is 0 Å². The molecule has 0 unspecified atom stereocenters. The molecule has 2 heterocycles. The molecule has 0 bridgehead atoms. The number of carbonyl (C=O) groups is 3. The molecule has 0 spiro atoms. The number of benzene rings is 1. The summed E-state index contributed by atoms with van der Waals surface area (Å²) in [6, 6.07) is 4.81. The summed E-state index contributed by atoms with van der Waals surface area (Å²) >= 11 is 0. The molecule has 27 heavy (non-hydrogen) atoms. The maximum Gasteiger partial charge on any atom is 0.325 e. The largest absolute Gasteiger partial charge is 0.454 e. The molecule has 146 valence electrons. The molecule has 4 amide bonds. The molecule has 0 radical (unpaired) electrons. The number of rotatable bonds is 6. The van der Waals surface area contributed by atoms with Gasteiger partial charge in [0.1, 0.15) is 12.1 Å². The van der Waals surface area contributed by atoms with Crippen molar-refractivity contribution >= 4 is 17.8 Å². The summed E-state index contributed by atoms with van der Waals surface area (Å²) in [4.78, 5) is 38.3. The van der Waals surface area contributed by atoms with Crippen LogP contribution < -0.4 is 20.1 Å². The lowest BCUT2D eigenvalue weighted by Gasteiger charge is -2.22. The molecule has 0 saturated carbocycles. The van der Waals surface area contributed by atoms with Crippen LogP contribution in [0.25, 0.3) is 0 Å². The van der Waals surface area contributed by atoms with Crippen LogP contribution >= 0.6 is 0 Å². The summed E-state index contributed by atoms with van der Waals surface area (Å²) in [5, 5.41) is 5.52. The van der Waals surface area contributed by atoms with Gasteiger partial charge in [-0.05, 0) is 37.5 Å². The van der Waals surface area contributed by atoms with Gasteiger partial charge in [0.15, 0.2) is 11.5 Å². The minimum Gasteiger partial charge on any atom is -0.454 e. The lowest BCUT2D eigenvalue weighted by Crippen LogP contribution is -2.47. The second-order valence-electron chi connectivity index (χ2n) is 7.62. The minimum absolute atomic E-state index is 0.0433. The fraction of sp³-hybridized carbons (Fsp3) is 0.526. The number of nitrogens with one attached hydrogen (secondary N) is 2. The fourth-order valence-corrected chi connectivity index (χ4v) is 3.08. The number of fused-ring (bicyclic) bond motifs is 1. The lowest BCUT2D eigenvalue weighted by molar-refractivity contribution is -0.134. The summed E-state index contributed by atoms with van der Waals surface area (Å²) in [5.41, 5.74) is -0.288. The second kappa shape index (κ2) is 7.09. The van der Waals surface area contributed by atoms with E-state index in [0.717, 1.165) is 10.5 Å². The van der Waals surface area contributed by atoms with Crippen LogP contribution in [0.1, 0.15) is 33.3 Å². The molecule has 3 rings (SSSR count). The highest BCUT2D eigenvalue weighted by Gasteiger charge is 2.48. The Hall–Kier alpha value is -2.77. The van der Waals surface area contributed by atoms with E-state index in [9.17, 15) is 14.4 Å². The van der Waals surface area contributed by atoms with E-state index in [-0.39, 0.29) is 37.6 Å². The topological polar surface area (TPSA) is 97.0 Å². The molecule has 1 aromatic carbocycles. The van der Waals surface area contributed by atoms with Crippen LogP contribution in [-0.4, -0.2) is 47.7 Å².